The molecule has 1 fully saturated rings. The van der Waals surface area contributed by atoms with Crippen LogP contribution in [0.4, 0.5) is 9.18 Å². The lowest BCUT2D eigenvalue weighted by molar-refractivity contribution is -0.185. The molecule has 0 saturated carbocycles. The van der Waals surface area contributed by atoms with Gasteiger partial charge in [0.15, 0.2) is 0 Å². The Morgan fingerprint density at radius 3 is 2.36 bits per heavy atom. The summed E-state index contributed by atoms with van der Waals surface area (Å²) in [5.41, 5.74) is 5.56. The second kappa shape index (κ2) is 11.4. The van der Waals surface area contributed by atoms with Gasteiger partial charge in [0.1, 0.15) is 5.82 Å². The molecular formula is C24H35FN2O6. The Morgan fingerprint density at radius 1 is 1.15 bits per heavy atom. The van der Waals surface area contributed by atoms with E-state index in [9.17, 15) is 18.8 Å². The Labute approximate surface area is 194 Å². The molecule has 1 heterocycles. The van der Waals surface area contributed by atoms with Crippen molar-refractivity contribution in [3.63, 3.8) is 0 Å². The van der Waals surface area contributed by atoms with Crippen molar-refractivity contribution in [2.75, 3.05) is 6.61 Å². The van der Waals surface area contributed by atoms with E-state index in [0.717, 1.165) is 0 Å². The first-order chi connectivity index (χ1) is 15.6. The second-order valence-electron chi connectivity index (χ2n) is 8.34. The van der Waals surface area contributed by atoms with Crippen LogP contribution in [0, 0.1) is 11.2 Å². The van der Waals surface area contributed by atoms with Crippen LogP contribution in [0.5, 0.6) is 0 Å². The molecule has 1 saturated heterocycles. The predicted molar refractivity (Wildman–Crippen MR) is 119 cm³/mol. The Kier molecular flexibility index (Phi) is 9.22. The highest BCUT2D eigenvalue weighted by atomic mass is 19.1. The van der Waals surface area contributed by atoms with Gasteiger partial charge in [-0.2, -0.15) is 0 Å². The molecule has 1 aliphatic rings. The minimum atomic E-state index is -1.16. The molecule has 1 aliphatic heterocycles. The van der Waals surface area contributed by atoms with Crippen LogP contribution in [-0.4, -0.2) is 47.9 Å². The first kappa shape index (κ1) is 26.6. The number of amides is 1. The molecule has 8 nitrogen and oxygen atoms in total. The lowest BCUT2D eigenvalue weighted by Gasteiger charge is -2.42. The SMILES string of the molecule is CCOC(=O)OC(C)OC(=O)C(CC)(CC)[C@H]1CC[C@@H](c2cccc(F)c2)N1C(=O)[C@@H](C)N. The first-order valence-electron chi connectivity index (χ1n) is 11.5. The molecule has 1 unspecified atom stereocenters. The molecule has 0 aromatic heterocycles. The molecule has 1 amide bonds. The summed E-state index contributed by atoms with van der Waals surface area (Å²) >= 11 is 0. The summed E-state index contributed by atoms with van der Waals surface area (Å²) in [5, 5.41) is 0. The topological polar surface area (TPSA) is 108 Å². The molecule has 2 N–H and O–H groups in total. The second-order valence-corrected chi connectivity index (χ2v) is 8.34. The fraction of sp³-hybridized carbons (Fsp3) is 0.625. The van der Waals surface area contributed by atoms with Crippen molar-refractivity contribution in [2.24, 2.45) is 11.1 Å². The number of rotatable bonds is 9. The van der Waals surface area contributed by atoms with Gasteiger partial charge in [0.05, 0.1) is 24.1 Å². The third-order valence-corrected chi connectivity index (χ3v) is 6.37. The summed E-state index contributed by atoms with van der Waals surface area (Å²) in [6, 6.07) is 4.40. The van der Waals surface area contributed by atoms with Crippen molar-refractivity contribution in [1.82, 2.24) is 4.90 Å². The van der Waals surface area contributed by atoms with Gasteiger partial charge in [-0.15, -0.1) is 0 Å². The average molecular weight is 467 g/mol. The van der Waals surface area contributed by atoms with E-state index in [-0.39, 0.29) is 12.5 Å². The van der Waals surface area contributed by atoms with Gasteiger partial charge in [-0.05, 0) is 57.2 Å². The van der Waals surface area contributed by atoms with Gasteiger partial charge in [0.25, 0.3) is 0 Å². The maximum atomic E-state index is 13.9. The van der Waals surface area contributed by atoms with Crippen LogP contribution in [-0.2, 0) is 23.8 Å². The maximum Gasteiger partial charge on any atom is 0.511 e. The third kappa shape index (κ3) is 5.82. The number of hydrogen-bond acceptors (Lipinski definition) is 7. The fourth-order valence-electron chi connectivity index (χ4n) is 4.66. The quantitative estimate of drug-likeness (QED) is 0.432. The van der Waals surface area contributed by atoms with Crippen LogP contribution < -0.4 is 5.73 Å². The van der Waals surface area contributed by atoms with Gasteiger partial charge < -0.3 is 24.8 Å². The number of ether oxygens (including phenoxy) is 3. The van der Waals surface area contributed by atoms with E-state index in [0.29, 0.717) is 31.2 Å². The van der Waals surface area contributed by atoms with Crippen molar-refractivity contribution < 1.29 is 33.0 Å². The van der Waals surface area contributed by atoms with Gasteiger partial charge in [-0.25, -0.2) is 9.18 Å². The van der Waals surface area contributed by atoms with Gasteiger partial charge in [-0.1, -0.05) is 26.0 Å². The normalized spacial score (nSPS) is 20.2. The molecule has 2 rings (SSSR count). The number of nitrogens with two attached hydrogens (primary N) is 1. The molecule has 1 aromatic rings. The summed E-state index contributed by atoms with van der Waals surface area (Å²) < 4.78 is 29.1. The summed E-state index contributed by atoms with van der Waals surface area (Å²) in [6.07, 6.45) is -0.251. The van der Waals surface area contributed by atoms with E-state index in [4.69, 9.17) is 19.9 Å². The third-order valence-electron chi connectivity index (χ3n) is 6.37. The Morgan fingerprint density at radius 2 is 1.82 bits per heavy atom. The zero-order valence-electron chi connectivity index (χ0n) is 20.0. The molecular weight excluding hydrogens is 431 g/mol. The van der Waals surface area contributed by atoms with E-state index in [1.165, 1.54) is 19.1 Å². The van der Waals surface area contributed by atoms with Crippen molar-refractivity contribution in [2.45, 2.75) is 84.7 Å². The number of carbonyl (C=O) groups is 3. The van der Waals surface area contributed by atoms with Gasteiger partial charge >= 0.3 is 12.1 Å². The summed E-state index contributed by atoms with van der Waals surface area (Å²) in [5.74, 6) is -1.29. The lowest BCUT2D eigenvalue weighted by Crippen LogP contribution is -2.55. The molecule has 0 radical (unpaired) electrons. The van der Waals surface area contributed by atoms with E-state index < -0.39 is 47.8 Å². The van der Waals surface area contributed by atoms with Crippen LogP contribution in [0.15, 0.2) is 24.3 Å². The summed E-state index contributed by atoms with van der Waals surface area (Å²) in [7, 11) is 0. The van der Waals surface area contributed by atoms with Crippen LogP contribution >= 0.6 is 0 Å². The molecule has 9 heteroatoms. The van der Waals surface area contributed by atoms with Crippen molar-refractivity contribution >= 4 is 18.0 Å². The highest BCUT2D eigenvalue weighted by molar-refractivity contribution is 5.85. The van der Waals surface area contributed by atoms with Crippen LogP contribution in [0.2, 0.25) is 0 Å². The standard InChI is InChI=1S/C24H35FN2O6/c1-6-24(7-2,22(29)32-16(5)33-23(30)31-8-3)20-13-12-19(27(20)21(28)15(4)26)17-10-9-11-18(25)14-17/h9-11,14-16,19-20H,6-8,12-13,26H2,1-5H3/t15-,16?,19+,20-/m1/s1. The molecule has 184 valence electrons. The highest BCUT2D eigenvalue weighted by Gasteiger charge is 2.53. The van der Waals surface area contributed by atoms with Crippen molar-refractivity contribution in [3.05, 3.63) is 35.6 Å². The predicted octanol–water partition coefficient (Wildman–Crippen LogP) is 4.07. The summed E-state index contributed by atoms with van der Waals surface area (Å²) in [4.78, 5) is 39.9. The largest absolute Gasteiger partial charge is 0.511 e. The smallest absolute Gasteiger partial charge is 0.435 e. The Balaban J connectivity index is 2.38. The van der Waals surface area contributed by atoms with Gasteiger partial charge in [0.2, 0.25) is 12.2 Å². The van der Waals surface area contributed by atoms with Gasteiger partial charge in [0, 0.05) is 13.0 Å². The van der Waals surface area contributed by atoms with E-state index in [1.807, 2.05) is 13.8 Å². The van der Waals surface area contributed by atoms with Crippen molar-refractivity contribution in [1.29, 1.82) is 0 Å². The number of nitrogens with zero attached hydrogens (tertiary/aromatic N) is 1. The highest BCUT2D eigenvalue weighted by Crippen LogP contribution is 2.47. The van der Waals surface area contributed by atoms with E-state index >= 15 is 0 Å². The first-order valence-corrected chi connectivity index (χ1v) is 11.5. The monoisotopic (exact) mass is 466 g/mol. The minimum Gasteiger partial charge on any atom is -0.435 e. The van der Waals surface area contributed by atoms with Gasteiger partial charge in [-0.3, -0.25) is 9.59 Å². The zero-order chi connectivity index (χ0) is 24.8. The van der Waals surface area contributed by atoms with E-state index in [1.54, 1.807) is 30.9 Å². The number of halogens is 1. The van der Waals surface area contributed by atoms with Crippen LogP contribution in [0.25, 0.3) is 0 Å². The maximum absolute atomic E-state index is 13.9. The van der Waals surface area contributed by atoms with Crippen molar-refractivity contribution in [3.8, 4) is 0 Å². The fourth-order valence-corrected chi connectivity index (χ4v) is 4.66. The molecule has 0 spiro atoms. The number of esters is 1. The lowest BCUT2D eigenvalue weighted by atomic mass is 9.74. The Hall–Kier alpha value is -2.68. The Bertz CT molecular complexity index is 842. The minimum absolute atomic E-state index is 0.130. The van der Waals surface area contributed by atoms with E-state index in [2.05, 4.69) is 0 Å². The number of likely N-dealkylation sites (tertiary alicyclic amines) is 1. The van der Waals surface area contributed by atoms with Crippen LogP contribution in [0.1, 0.15) is 71.9 Å². The molecule has 4 atom stereocenters. The molecule has 1 aromatic carbocycles. The molecule has 0 aliphatic carbocycles. The molecule has 0 bridgehead atoms. The number of benzene rings is 1. The number of carbonyl (C=O) groups excluding carboxylic acids is 3. The zero-order valence-corrected chi connectivity index (χ0v) is 20.0. The average Bonchev–Trinajstić information content (AvgIpc) is 3.19. The summed E-state index contributed by atoms with van der Waals surface area (Å²) in [6.45, 7) is 8.49. The van der Waals surface area contributed by atoms with Crippen LogP contribution in [0.3, 0.4) is 0 Å². The molecule has 33 heavy (non-hydrogen) atoms. The number of hydrogen-bond donors (Lipinski definition) is 1.